The van der Waals surface area contributed by atoms with Gasteiger partial charge in [-0.25, -0.2) is 4.79 Å². The minimum Gasteiger partial charge on any atom is -0.459 e. The fourth-order valence-electron chi connectivity index (χ4n) is 3.67. The van der Waals surface area contributed by atoms with Crippen LogP contribution in [0, 0.1) is 17.8 Å². The van der Waals surface area contributed by atoms with E-state index in [0.717, 1.165) is 47.4 Å². The van der Waals surface area contributed by atoms with Crippen molar-refractivity contribution >= 4 is 28.6 Å². The second kappa shape index (κ2) is 5.41. The topological polar surface area (TPSA) is 26.3 Å². The Kier molecular flexibility index (Phi) is 3.56. The molecule has 3 aliphatic carbocycles. The van der Waals surface area contributed by atoms with Gasteiger partial charge in [-0.15, -0.1) is 0 Å². The average Bonchev–Trinajstić information content (AvgIpc) is 3.39. The molecule has 1 aromatic carbocycles. The minimum absolute atomic E-state index is 0.0805. The highest BCUT2D eigenvalue weighted by Crippen LogP contribution is 2.74. The number of halogens is 1. The van der Waals surface area contributed by atoms with Crippen LogP contribution in [0.3, 0.4) is 0 Å². The van der Waals surface area contributed by atoms with Crippen molar-refractivity contribution in [1.29, 1.82) is 0 Å². The monoisotopic (exact) mass is 394 g/mol. The second-order valence-corrected chi connectivity index (χ2v) is 7.85. The minimum atomic E-state index is -0.175. The largest absolute Gasteiger partial charge is 0.459 e. The summed E-state index contributed by atoms with van der Waals surface area (Å²) in [6.45, 7) is 0. The lowest BCUT2D eigenvalue weighted by atomic mass is 9.99. The molecule has 3 unspecified atom stereocenters. The van der Waals surface area contributed by atoms with Crippen LogP contribution < -0.4 is 0 Å². The summed E-state index contributed by atoms with van der Waals surface area (Å²) in [4.78, 5) is 12.1. The molecule has 1 aromatic rings. The number of hydrogen-bond donors (Lipinski definition) is 0. The Morgan fingerprint density at radius 3 is 2.62 bits per heavy atom. The van der Waals surface area contributed by atoms with Crippen molar-refractivity contribution in [2.24, 2.45) is 17.8 Å². The van der Waals surface area contributed by atoms with Gasteiger partial charge in [0.25, 0.3) is 0 Å². The zero-order chi connectivity index (χ0) is 14.4. The molecule has 2 saturated carbocycles. The number of rotatable bonds is 3. The van der Waals surface area contributed by atoms with Crippen molar-refractivity contribution in [1.82, 2.24) is 0 Å². The number of ether oxygens (including phenoxy) is 1. The van der Waals surface area contributed by atoms with E-state index in [1.165, 1.54) is 0 Å². The first kappa shape index (κ1) is 13.8. The summed E-state index contributed by atoms with van der Waals surface area (Å²) in [7, 11) is 0. The van der Waals surface area contributed by atoms with Gasteiger partial charge in [0.1, 0.15) is 6.10 Å². The molecular formula is C18H19IO2. The molecule has 2 fully saturated rings. The number of carbonyl (C=O) groups excluding carboxylic acids is 1. The van der Waals surface area contributed by atoms with Gasteiger partial charge < -0.3 is 4.74 Å². The molecule has 0 saturated heterocycles. The fourth-order valence-corrected chi connectivity index (χ4v) is 5.28. The summed E-state index contributed by atoms with van der Waals surface area (Å²) < 4.78 is 6.64. The molecule has 21 heavy (non-hydrogen) atoms. The molecule has 2 nitrogen and oxygen atoms in total. The zero-order valence-electron chi connectivity index (χ0n) is 11.9. The van der Waals surface area contributed by atoms with E-state index in [2.05, 4.69) is 28.7 Å². The van der Waals surface area contributed by atoms with Gasteiger partial charge in [0.15, 0.2) is 0 Å². The number of fused-ring (bicyclic) bond motifs is 1. The SMILES string of the molecule is O=C(OC1CCC=C(C2C3C(I)C23)CC1)c1ccccc1. The van der Waals surface area contributed by atoms with Crippen LogP contribution in [0.1, 0.15) is 36.0 Å². The summed E-state index contributed by atoms with van der Waals surface area (Å²) in [6.07, 6.45) is 6.65. The maximum absolute atomic E-state index is 12.1. The molecule has 3 aliphatic rings. The summed E-state index contributed by atoms with van der Waals surface area (Å²) in [5.74, 6) is 2.68. The summed E-state index contributed by atoms with van der Waals surface area (Å²) >= 11 is 2.58. The summed E-state index contributed by atoms with van der Waals surface area (Å²) in [5, 5.41) is 0. The van der Waals surface area contributed by atoms with Gasteiger partial charge in [-0.3, -0.25) is 0 Å². The van der Waals surface area contributed by atoms with Crippen molar-refractivity contribution in [3.05, 3.63) is 47.5 Å². The van der Waals surface area contributed by atoms with Crippen LogP contribution in [0.4, 0.5) is 0 Å². The molecule has 3 atom stereocenters. The van der Waals surface area contributed by atoms with Gasteiger partial charge in [-0.05, 0) is 55.6 Å². The number of allylic oxidation sites excluding steroid dienone is 2. The van der Waals surface area contributed by atoms with E-state index in [1.807, 2.05) is 30.3 Å². The van der Waals surface area contributed by atoms with E-state index in [4.69, 9.17) is 4.74 Å². The predicted molar refractivity (Wildman–Crippen MR) is 90.5 cm³/mol. The van der Waals surface area contributed by atoms with E-state index in [1.54, 1.807) is 5.57 Å². The van der Waals surface area contributed by atoms with Crippen molar-refractivity contribution in [2.45, 2.75) is 35.7 Å². The third-order valence-corrected chi connectivity index (χ3v) is 6.75. The van der Waals surface area contributed by atoms with Crippen LogP contribution in [0.25, 0.3) is 0 Å². The van der Waals surface area contributed by atoms with Crippen LogP contribution in [-0.2, 0) is 4.74 Å². The molecule has 0 heterocycles. The number of hydrogen-bond acceptors (Lipinski definition) is 2. The maximum atomic E-state index is 12.1. The van der Waals surface area contributed by atoms with Crippen molar-refractivity contribution in [3.8, 4) is 0 Å². The summed E-state index contributed by atoms with van der Waals surface area (Å²) in [6, 6.07) is 9.31. The molecule has 0 aromatic heterocycles. The number of carbonyl (C=O) groups is 1. The van der Waals surface area contributed by atoms with Crippen LogP contribution in [-0.4, -0.2) is 16.0 Å². The number of benzene rings is 1. The molecule has 110 valence electrons. The third-order valence-electron chi connectivity index (χ3n) is 5.09. The zero-order valence-corrected chi connectivity index (χ0v) is 14.0. The first-order valence-corrected chi connectivity index (χ1v) is 9.09. The first-order chi connectivity index (χ1) is 10.3. The van der Waals surface area contributed by atoms with E-state index in [0.29, 0.717) is 5.56 Å². The molecule has 0 radical (unpaired) electrons. The standard InChI is InChI=1S/C18H19IO2/c19-17-15-14(16(15)17)11-7-4-8-13(10-9-11)21-18(20)12-5-2-1-3-6-12/h1-3,5-7,13-17H,4,8-10H2. The van der Waals surface area contributed by atoms with Crippen molar-refractivity contribution < 1.29 is 9.53 Å². The van der Waals surface area contributed by atoms with Gasteiger partial charge in [-0.2, -0.15) is 0 Å². The van der Waals surface area contributed by atoms with E-state index < -0.39 is 0 Å². The van der Waals surface area contributed by atoms with Gasteiger partial charge >= 0.3 is 5.97 Å². The first-order valence-electron chi connectivity index (χ1n) is 7.85. The molecule has 0 N–H and O–H groups in total. The Balaban J connectivity index is 1.31. The Morgan fingerprint density at radius 2 is 1.90 bits per heavy atom. The van der Waals surface area contributed by atoms with Crippen LogP contribution in [0.5, 0.6) is 0 Å². The van der Waals surface area contributed by atoms with Crippen molar-refractivity contribution in [3.63, 3.8) is 0 Å². The lowest BCUT2D eigenvalue weighted by molar-refractivity contribution is 0.0269. The molecule has 0 aliphatic heterocycles. The molecule has 0 bridgehead atoms. The van der Waals surface area contributed by atoms with Crippen LogP contribution in [0.15, 0.2) is 42.0 Å². The molecule has 3 heteroatoms. The molecule has 0 spiro atoms. The lowest BCUT2D eigenvalue weighted by Crippen LogP contribution is -2.18. The fraction of sp³-hybridized carbons (Fsp3) is 0.500. The van der Waals surface area contributed by atoms with E-state index in [9.17, 15) is 4.79 Å². The molecular weight excluding hydrogens is 375 g/mol. The van der Waals surface area contributed by atoms with Gasteiger partial charge in [0, 0.05) is 3.92 Å². The molecule has 0 amide bonds. The predicted octanol–water partition coefficient (Wildman–Crippen LogP) is 4.39. The normalized spacial score (nSPS) is 37.0. The van der Waals surface area contributed by atoms with Crippen LogP contribution in [0.2, 0.25) is 0 Å². The number of alkyl halides is 1. The van der Waals surface area contributed by atoms with Gasteiger partial charge in [0.2, 0.25) is 0 Å². The van der Waals surface area contributed by atoms with Gasteiger partial charge in [0.05, 0.1) is 5.56 Å². The van der Waals surface area contributed by atoms with Crippen LogP contribution >= 0.6 is 22.6 Å². The van der Waals surface area contributed by atoms with E-state index in [-0.39, 0.29) is 12.1 Å². The highest BCUT2D eigenvalue weighted by atomic mass is 127. The number of esters is 1. The lowest BCUT2D eigenvalue weighted by Gasteiger charge is -2.16. The Labute approximate surface area is 139 Å². The quantitative estimate of drug-likeness (QED) is 0.329. The summed E-state index contributed by atoms with van der Waals surface area (Å²) in [5.41, 5.74) is 2.31. The van der Waals surface area contributed by atoms with Crippen molar-refractivity contribution in [2.75, 3.05) is 0 Å². The van der Waals surface area contributed by atoms with Gasteiger partial charge in [-0.1, -0.05) is 52.4 Å². The highest BCUT2D eigenvalue weighted by molar-refractivity contribution is 14.1. The Bertz CT molecular complexity index is 570. The Morgan fingerprint density at radius 1 is 1.14 bits per heavy atom. The van der Waals surface area contributed by atoms with E-state index >= 15 is 0 Å². The second-order valence-electron chi connectivity index (χ2n) is 6.41. The Hall–Kier alpha value is -0.840. The third kappa shape index (κ3) is 2.65. The maximum Gasteiger partial charge on any atom is 0.338 e. The average molecular weight is 394 g/mol. The highest BCUT2D eigenvalue weighted by Gasteiger charge is 2.72. The molecule has 4 rings (SSSR count). The smallest absolute Gasteiger partial charge is 0.338 e.